The second kappa shape index (κ2) is 6.06. The van der Waals surface area contributed by atoms with Crippen LogP contribution in [-0.2, 0) is 16.6 Å². The van der Waals surface area contributed by atoms with Crippen molar-refractivity contribution in [1.29, 1.82) is 0 Å². The zero-order chi connectivity index (χ0) is 17.3. The fraction of sp³-hybridized carbons (Fsp3) is 0.143. The Morgan fingerprint density at radius 3 is 2.64 bits per heavy atom. The van der Waals surface area contributed by atoms with Crippen LogP contribution in [0.15, 0.2) is 78.9 Å². The lowest BCUT2D eigenvalue weighted by Crippen LogP contribution is -2.43. The van der Waals surface area contributed by atoms with Crippen LogP contribution in [0, 0.1) is 5.92 Å². The summed E-state index contributed by atoms with van der Waals surface area (Å²) < 4.78 is 0. The number of nitrogens with two attached hydrogens (primary N) is 1. The number of carbonyl (C=O) groups is 1. The average Bonchev–Trinajstić information content (AvgIpc) is 3.05. The number of nitrogens with one attached hydrogen (secondary N) is 1. The molecule has 0 bridgehead atoms. The number of carbonyl (C=O) groups excluding carboxylic acids is 1. The zero-order valence-electron chi connectivity index (χ0n) is 13.7. The molecule has 1 aromatic heterocycles. The zero-order valence-corrected chi connectivity index (χ0v) is 13.7. The van der Waals surface area contributed by atoms with Crippen LogP contribution < -0.4 is 5.73 Å². The first-order chi connectivity index (χ1) is 12.2. The number of benzene rings is 2. The number of rotatable bonds is 4. The second-order valence-corrected chi connectivity index (χ2v) is 6.43. The van der Waals surface area contributed by atoms with Crippen LogP contribution >= 0.6 is 0 Å². The Kier molecular flexibility index (Phi) is 3.73. The van der Waals surface area contributed by atoms with E-state index in [1.165, 1.54) is 0 Å². The molecule has 0 saturated heterocycles. The van der Waals surface area contributed by atoms with Gasteiger partial charge in [0.05, 0.1) is 11.4 Å². The molecule has 1 aliphatic rings. The minimum Gasteiger partial charge on any atom is -0.369 e. The summed E-state index contributed by atoms with van der Waals surface area (Å²) in [7, 11) is 0. The van der Waals surface area contributed by atoms with Gasteiger partial charge in [-0.3, -0.25) is 9.89 Å². The topological polar surface area (TPSA) is 71.8 Å². The summed E-state index contributed by atoms with van der Waals surface area (Å²) in [5, 5.41) is 8.62. The molecule has 0 radical (unpaired) electrons. The maximum atomic E-state index is 12.2. The molecule has 0 saturated carbocycles. The van der Waals surface area contributed by atoms with Crippen molar-refractivity contribution in [2.45, 2.75) is 11.8 Å². The maximum Gasteiger partial charge on any atom is 0.225 e. The van der Waals surface area contributed by atoms with Crippen molar-refractivity contribution < 1.29 is 4.79 Å². The van der Waals surface area contributed by atoms with Crippen LogP contribution in [0.25, 0.3) is 10.9 Å². The highest BCUT2D eigenvalue weighted by Crippen LogP contribution is 2.41. The van der Waals surface area contributed by atoms with Crippen LogP contribution in [0.4, 0.5) is 0 Å². The number of fused-ring (bicyclic) bond motifs is 1. The van der Waals surface area contributed by atoms with E-state index in [9.17, 15) is 4.79 Å². The van der Waals surface area contributed by atoms with Gasteiger partial charge in [-0.2, -0.15) is 5.10 Å². The first-order valence-electron chi connectivity index (χ1n) is 8.33. The molecule has 2 aromatic carbocycles. The van der Waals surface area contributed by atoms with Gasteiger partial charge >= 0.3 is 0 Å². The van der Waals surface area contributed by atoms with Crippen molar-refractivity contribution in [2.75, 3.05) is 0 Å². The standard InChI is InChI=1S/C21H19N3O/c22-20(25)17-11-6-7-13-21(17,15-8-2-1-3-9-15)14-19-16-10-4-5-12-18(16)23-24-19/h1-13,17H,14H2,(H2,22,25)(H,23,24). The molecular weight excluding hydrogens is 310 g/mol. The van der Waals surface area contributed by atoms with Crippen LogP contribution in [0.2, 0.25) is 0 Å². The number of para-hydroxylation sites is 1. The Balaban J connectivity index is 1.88. The Labute approximate surface area is 146 Å². The number of hydrogen-bond donors (Lipinski definition) is 2. The van der Waals surface area contributed by atoms with E-state index >= 15 is 0 Å². The van der Waals surface area contributed by atoms with E-state index in [0.29, 0.717) is 6.42 Å². The van der Waals surface area contributed by atoms with Gasteiger partial charge < -0.3 is 5.73 Å². The van der Waals surface area contributed by atoms with Gasteiger partial charge in [0.25, 0.3) is 0 Å². The van der Waals surface area contributed by atoms with E-state index in [-0.39, 0.29) is 5.91 Å². The van der Waals surface area contributed by atoms with E-state index < -0.39 is 11.3 Å². The quantitative estimate of drug-likeness (QED) is 0.771. The van der Waals surface area contributed by atoms with Gasteiger partial charge in [0.15, 0.2) is 0 Å². The van der Waals surface area contributed by atoms with Crippen LogP contribution in [0.1, 0.15) is 11.3 Å². The average molecular weight is 329 g/mol. The Morgan fingerprint density at radius 2 is 1.84 bits per heavy atom. The molecule has 0 aliphatic heterocycles. The lowest BCUT2D eigenvalue weighted by Gasteiger charge is -2.37. The highest BCUT2D eigenvalue weighted by Gasteiger charge is 2.42. The molecule has 2 unspecified atom stereocenters. The van der Waals surface area contributed by atoms with Gasteiger partial charge in [-0.1, -0.05) is 72.8 Å². The molecule has 0 fully saturated rings. The number of allylic oxidation sites excluding steroid dienone is 3. The summed E-state index contributed by atoms with van der Waals surface area (Å²) in [6.45, 7) is 0. The van der Waals surface area contributed by atoms with Gasteiger partial charge in [0.1, 0.15) is 0 Å². The number of nitrogens with zero attached hydrogens (tertiary/aromatic N) is 1. The fourth-order valence-corrected chi connectivity index (χ4v) is 3.76. The minimum absolute atomic E-state index is 0.326. The summed E-state index contributed by atoms with van der Waals surface area (Å²) >= 11 is 0. The highest BCUT2D eigenvalue weighted by atomic mass is 16.1. The number of aromatic amines is 1. The summed E-state index contributed by atoms with van der Waals surface area (Å²) in [5.74, 6) is -0.741. The summed E-state index contributed by atoms with van der Waals surface area (Å²) in [4.78, 5) is 12.2. The van der Waals surface area contributed by atoms with Gasteiger partial charge in [-0.15, -0.1) is 0 Å². The van der Waals surface area contributed by atoms with Crippen LogP contribution in [0.3, 0.4) is 0 Å². The number of hydrogen-bond acceptors (Lipinski definition) is 2. The first-order valence-corrected chi connectivity index (χ1v) is 8.33. The Morgan fingerprint density at radius 1 is 1.08 bits per heavy atom. The molecule has 124 valence electrons. The van der Waals surface area contributed by atoms with Crippen LogP contribution in [-0.4, -0.2) is 16.1 Å². The number of aromatic nitrogens is 2. The fourth-order valence-electron chi connectivity index (χ4n) is 3.76. The molecule has 4 rings (SSSR count). The van der Waals surface area contributed by atoms with Crippen LogP contribution in [0.5, 0.6) is 0 Å². The first kappa shape index (κ1) is 15.4. The number of amides is 1. The second-order valence-electron chi connectivity index (χ2n) is 6.43. The largest absolute Gasteiger partial charge is 0.369 e. The van der Waals surface area contributed by atoms with Crippen molar-refractivity contribution >= 4 is 16.8 Å². The third-order valence-corrected chi connectivity index (χ3v) is 4.99. The maximum absolute atomic E-state index is 12.2. The smallest absolute Gasteiger partial charge is 0.225 e. The third kappa shape index (κ3) is 2.56. The summed E-state index contributed by atoms with van der Waals surface area (Å²) in [6.07, 6.45) is 8.49. The molecule has 4 heteroatoms. The molecule has 2 atom stereocenters. The molecule has 25 heavy (non-hydrogen) atoms. The summed E-state index contributed by atoms with van der Waals surface area (Å²) in [5.41, 5.74) is 8.24. The predicted octanol–water partition coefficient (Wildman–Crippen LogP) is 3.27. The minimum atomic E-state index is -0.531. The van der Waals surface area contributed by atoms with E-state index in [1.807, 2.05) is 54.6 Å². The van der Waals surface area contributed by atoms with Crippen molar-refractivity contribution in [1.82, 2.24) is 10.2 Å². The molecule has 1 amide bonds. The van der Waals surface area contributed by atoms with E-state index in [4.69, 9.17) is 5.73 Å². The summed E-state index contributed by atoms with van der Waals surface area (Å²) in [6, 6.07) is 18.1. The number of primary amides is 1. The lowest BCUT2D eigenvalue weighted by molar-refractivity contribution is -0.121. The van der Waals surface area contributed by atoms with Crippen molar-refractivity contribution in [3.63, 3.8) is 0 Å². The highest BCUT2D eigenvalue weighted by molar-refractivity contribution is 5.84. The molecule has 0 spiro atoms. The van der Waals surface area contributed by atoms with Crippen molar-refractivity contribution in [2.24, 2.45) is 11.7 Å². The van der Waals surface area contributed by atoms with Crippen molar-refractivity contribution in [3.8, 4) is 0 Å². The molecule has 3 N–H and O–H groups in total. The third-order valence-electron chi connectivity index (χ3n) is 4.99. The Bertz CT molecular complexity index is 971. The Hall–Kier alpha value is -3.14. The molecule has 1 aliphatic carbocycles. The number of H-pyrrole nitrogens is 1. The van der Waals surface area contributed by atoms with E-state index in [0.717, 1.165) is 22.2 Å². The van der Waals surface area contributed by atoms with Gasteiger partial charge in [-0.25, -0.2) is 0 Å². The monoisotopic (exact) mass is 329 g/mol. The molecule has 1 heterocycles. The predicted molar refractivity (Wildman–Crippen MR) is 98.9 cm³/mol. The SMILES string of the molecule is NC(=O)C1C=CC=CC1(Cc1[nH]nc2ccccc12)c1ccccc1. The normalized spacial score (nSPS) is 22.3. The molecule has 3 aromatic rings. The lowest BCUT2D eigenvalue weighted by atomic mass is 9.65. The molecular formula is C21H19N3O. The van der Waals surface area contributed by atoms with E-state index in [1.54, 1.807) is 0 Å². The van der Waals surface area contributed by atoms with Gasteiger partial charge in [-0.05, 0) is 11.6 Å². The van der Waals surface area contributed by atoms with E-state index in [2.05, 4.69) is 34.5 Å². The molecule has 4 nitrogen and oxygen atoms in total. The van der Waals surface area contributed by atoms with Crippen molar-refractivity contribution in [3.05, 3.63) is 90.2 Å². The van der Waals surface area contributed by atoms with Gasteiger partial charge in [0.2, 0.25) is 5.91 Å². The van der Waals surface area contributed by atoms with Gasteiger partial charge in [0, 0.05) is 22.9 Å².